The van der Waals surface area contributed by atoms with E-state index in [1.807, 2.05) is 0 Å². The van der Waals surface area contributed by atoms with Crippen molar-refractivity contribution >= 4 is 43.5 Å². The van der Waals surface area contributed by atoms with E-state index in [0.29, 0.717) is 5.69 Å². The van der Waals surface area contributed by atoms with Gasteiger partial charge in [-0.3, -0.25) is 4.79 Å². The van der Waals surface area contributed by atoms with Gasteiger partial charge in [-0.25, -0.2) is 18.4 Å². The van der Waals surface area contributed by atoms with Gasteiger partial charge in [-0.1, -0.05) is 6.07 Å². The lowest BCUT2D eigenvalue weighted by Crippen LogP contribution is -2.32. The minimum absolute atomic E-state index is 0.00523. The fraction of sp³-hybridized carbons (Fsp3) is 0.273. The number of anilines is 1. The minimum Gasteiger partial charge on any atom is -0.478 e. The number of carbonyl (C=O) groups excluding carboxylic acids is 1. The summed E-state index contributed by atoms with van der Waals surface area (Å²) >= 11 is 3.13. The van der Waals surface area contributed by atoms with E-state index < -0.39 is 27.1 Å². The second kappa shape index (κ2) is 5.15. The Morgan fingerprint density at radius 2 is 2.10 bits per heavy atom. The normalized spacial score (nSPS) is 19.4. The average molecular weight is 363 g/mol. The van der Waals surface area contributed by atoms with Gasteiger partial charge >= 0.3 is 5.97 Å². The highest BCUT2D eigenvalue weighted by atomic mass is 79.9. The van der Waals surface area contributed by atoms with Gasteiger partial charge in [0.05, 0.1) is 15.7 Å². The number of hydrogen-bond donors (Lipinski definition) is 2. The Bertz CT molecular complexity index is 688. The number of benzene rings is 1. The van der Waals surface area contributed by atoms with Crippen molar-refractivity contribution in [3.8, 4) is 0 Å². The van der Waals surface area contributed by atoms with Crippen molar-refractivity contribution in [2.24, 2.45) is 5.14 Å². The molecule has 2 rings (SSSR count). The monoisotopic (exact) mass is 362 g/mol. The number of nitrogens with zero attached hydrogens (tertiary/aromatic N) is 1. The Hall–Kier alpha value is -1.45. The smallest absolute Gasteiger partial charge is 0.336 e. The third-order valence-corrected chi connectivity index (χ3v) is 5.13. The molecule has 1 aromatic carbocycles. The van der Waals surface area contributed by atoms with E-state index in [-0.39, 0.29) is 23.0 Å². The number of nitrogens with two attached hydrogens (primary N) is 1. The van der Waals surface area contributed by atoms with Crippen LogP contribution in [-0.2, 0) is 14.8 Å². The molecule has 1 fully saturated rings. The largest absolute Gasteiger partial charge is 0.478 e. The Morgan fingerprint density at radius 3 is 2.60 bits per heavy atom. The first-order chi connectivity index (χ1) is 9.21. The number of halogens is 1. The van der Waals surface area contributed by atoms with E-state index in [1.165, 1.54) is 17.0 Å². The summed E-state index contributed by atoms with van der Waals surface area (Å²) in [6.07, 6.45) is -0.206. The molecule has 0 radical (unpaired) electrons. The van der Waals surface area contributed by atoms with Crippen molar-refractivity contribution in [2.45, 2.75) is 11.7 Å². The number of amides is 1. The van der Waals surface area contributed by atoms with Crippen molar-refractivity contribution in [1.29, 1.82) is 0 Å². The Kier molecular flexibility index (Phi) is 3.85. The predicted molar refractivity (Wildman–Crippen MR) is 75.0 cm³/mol. The summed E-state index contributed by atoms with van der Waals surface area (Å²) in [6.45, 7) is -0.0840. The molecule has 0 bridgehead atoms. The molecule has 1 aliphatic rings. The number of primary sulfonamides is 1. The highest BCUT2D eigenvalue weighted by molar-refractivity contribution is 9.10. The number of hydrogen-bond acceptors (Lipinski definition) is 4. The van der Waals surface area contributed by atoms with Crippen LogP contribution in [0.15, 0.2) is 22.7 Å². The molecule has 0 spiro atoms. The minimum atomic E-state index is -3.81. The standard InChI is InChI=1S/C11H11BrN2O5S/c12-10-7(11(16)17)2-1-3-8(10)14-5-6(4-9(14)15)20(13,18)19/h1-3,6H,4-5H2,(H,16,17)(H2,13,18,19). The van der Waals surface area contributed by atoms with Crippen LogP contribution in [0.3, 0.4) is 0 Å². The van der Waals surface area contributed by atoms with E-state index in [9.17, 15) is 18.0 Å². The predicted octanol–water partition coefficient (Wildman–Crippen LogP) is 0.541. The molecule has 1 atom stereocenters. The maximum atomic E-state index is 11.9. The van der Waals surface area contributed by atoms with Crippen molar-refractivity contribution < 1.29 is 23.1 Å². The fourth-order valence-corrected chi connectivity index (χ4v) is 3.40. The van der Waals surface area contributed by atoms with Crippen LogP contribution in [0.2, 0.25) is 0 Å². The lowest BCUT2D eigenvalue weighted by molar-refractivity contribution is -0.117. The number of aromatic carboxylic acids is 1. The van der Waals surface area contributed by atoms with Gasteiger partial charge in [-0.15, -0.1) is 0 Å². The summed E-state index contributed by atoms with van der Waals surface area (Å²) < 4.78 is 22.9. The third-order valence-electron chi connectivity index (χ3n) is 3.05. The molecule has 1 saturated heterocycles. The van der Waals surface area contributed by atoms with Crippen molar-refractivity contribution in [1.82, 2.24) is 0 Å². The lowest BCUT2D eigenvalue weighted by atomic mass is 10.2. The van der Waals surface area contributed by atoms with E-state index >= 15 is 0 Å². The topological polar surface area (TPSA) is 118 Å². The summed E-state index contributed by atoms with van der Waals surface area (Å²) in [5.74, 6) is -1.55. The quantitative estimate of drug-likeness (QED) is 0.813. The zero-order valence-electron chi connectivity index (χ0n) is 10.1. The number of rotatable bonds is 3. The molecule has 1 unspecified atom stereocenters. The molecule has 9 heteroatoms. The van der Waals surface area contributed by atoms with Gasteiger partial charge in [0.1, 0.15) is 5.25 Å². The Labute approximate surface area is 123 Å². The number of carboxylic acid groups (broad SMARTS) is 1. The molecular weight excluding hydrogens is 352 g/mol. The van der Waals surface area contributed by atoms with Crippen molar-refractivity contribution in [3.63, 3.8) is 0 Å². The van der Waals surface area contributed by atoms with Crippen LogP contribution in [0.1, 0.15) is 16.8 Å². The molecule has 7 nitrogen and oxygen atoms in total. The summed E-state index contributed by atoms with van der Waals surface area (Å²) in [6, 6.07) is 4.41. The van der Waals surface area contributed by atoms with Crippen LogP contribution in [-0.4, -0.2) is 37.2 Å². The maximum Gasteiger partial charge on any atom is 0.336 e. The van der Waals surface area contributed by atoms with Crippen LogP contribution in [0.4, 0.5) is 5.69 Å². The average Bonchev–Trinajstić information content (AvgIpc) is 2.71. The molecule has 1 amide bonds. The van der Waals surface area contributed by atoms with Crippen LogP contribution < -0.4 is 10.0 Å². The van der Waals surface area contributed by atoms with E-state index in [2.05, 4.69) is 15.9 Å². The van der Waals surface area contributed by atoms with Gasteiger partial charge in [0, 0.05) is 13.0 Å². The van der Waals surface area contributed by atoms with Gasteiger partial charge in [0.2, 0.25) is 15.9 Å². The summed E-state index contributed by atoms with van der Waals surface area (Å²) in [4.78, 5) is 24.2. The molecule has 1 aliphatic heterocycles. The lowest BCUT2D eigenvalue weighted by Gasteiger charge is -2.18. The highest BCUT2D eigenvalue weighted by Crippen LogP contribution is 2.33. The van der Waals surface area contributed by atoms with Gasteiger partial charge in [-0.05, 0) is 28.1 Å². The van der Waals surface area contributed by atoms with Crippen molar-refractivity contribution in [2.75, 3.05) is 11.4 Å². The second-order valence-corrected chi connectivity index (χ2v) is 7.00. The molecule has 1 heterocycles. The zero-order valence-corrected chi connectivity index (χ0v) is 12.5. The first-order valence-electron chi connectivity index (χ1n) is 5.55. The molecule has 0 aliphatic carbocycles. The second-order valence-electron chi connectivity index (χ2n) is 4.36. The molecular formula is C11H11BrN2O5S. The number of carbonyl (C=O) groups is 2. The van der Waals surface area contributed by atoms with E-state index in [1.54, 1.807) is 6.07 Å². The number of carboxylic acids is 1. The van der Waals surface area contributed by atoms with Gasteiger partial charge < -0.3 is 10.0 Å². The fourth-order valence-electron chi connectivity index (χ4n) is 2.02. The zero-order chi connectivity index (χ0) is 15.1. The van der Waals surface area contributed by atoms with Crippen molar-refractivity contribution in [3.05, 3.63) is 28.2 Å². The summed E-state index contributed by atoms with van der Waals surface area (Å²) in [5.41, 5.74) is 0.315. The summed E-state index contributed by atoms with van der Waals surface area (Å²) in [5, 5.41) is 13.1. The van der Waals surface area contributed by atoms with E-state index in [0.717, 1.165) is 0 Å². The molecule has 3 N–H and O–H groups in total. The van der Waals surface area contributed by atoms with Crippen LogP contribution in [0.25, 0.3) is 0 Å². The molecule has 20 heavy (non-hydrogen) atoms. The number of sulfonamides is 1. The Balaban J connectivity index is 2.41. The Morgan fingerprint density at radius 1 is 1.45 bits per heavy atom. The van der Waals surface area contributed by atoms with E-state index in [4.69, 9.17) is 10.2 Å². The molecule has 108 valence electrons. The van der Waals surface area contributed by atoms with Crippen LogP contribution in [0.5, 0.6) is 0 Å². The van der Waals surface area contributed by atoms with Gasteiger partial charge in [0.25, 0.3) is 0 Å². The SMILES string of the molecule is NS(=O)(=O)C1CC(=O)N(c2cccc(C(=O)O)c2Br)C1. The van der Waals surface area contributed by atoms with Gasteiger partial charge in [0.15, 0.2) is 0 Å². The van der Waals surface area contributed by atoms with Crippen LogP contribution >= 0.6 is 15.9 Å². The first kappa shape index (κ1) is 14.9. The molecule has 0 saturated carbocycles. The maximum absolute atomic E-state index is 11.9. The summed E-state index contributed by atoms with van der Waals surface area (Å²) in [7, 11) is -3.81. The molecule has 1 aromatic rings. The van der Waals surface area contributed by atoms with Crippen LogP contribution in [0, 0.1) is 0 Å². The first-order valence-corrected chi connectivity index (χ1v) is 7.96. The highest BCUT2D eigenvalue weighted by Gasteiger charge is 2.38. The molecule has 0 aromatic heterocycles. The third kappa shape index (κ3) is 2.69. The van der Waals surface area contributed by atoms with Gasteiger partial charge in [-0.2, -0.15) is 0 Å².